The summed E-state index contributed by atoms with van der Waals surface area (Å²) in [5.41, 5.74) is 3.94. The number of likely N-dealkylation sites (tertiary alicyclic amines) is 1. The lowest BCUT2D eigenvalue weighted by Gasteiger charge is -2.29. The number of aromatic nitrogens is 4. The molecule has 6 heterocycles. The van der Waals surface area contributed by atoms with E-state index in [2.05, 4.69) is 32.1 Å². The summed E-state index contributed by atoms with van der Waals surface area (Å²) in [5.74, 6) is -1.12. The summed E-state index contributed by atoms with van der Waals surface area (Å²) in [6, 6.07) is 4.99. The Morgan fingerprint density at radius 1 is 1.20 bits per heavy atom. The zero-order chi connectivity index (χ0) is 28.6. The largest absolute Gasteiger partial charge is 0.477 e. The van der Waals surface area contributed by atoms with Crippen molar-refractivity contribution in [1.29, 1.82) is 0 Å². The van der Waals surface area contributed by atoms with Gasteiger partial charge in [0.15, 0.2) is 0 Å². The molecule has 4 aromatic heterocycles. The Balaban J connectivity index is 1.55. The molecule has 1 unspecified atom stereocenters. The summed E-state index contributed by atoms with van der Waals surface area (Å²) in [7, 11) is 3.89. The topological polar surface area (TPSA) is 119 Å². The number of hydrogen-bond acceptors (Lipinski definition) is 7. The Labute approximate surface area is 234 Å². The van der Waals surface area contributed by atoms with Crippen LogP contribution >= 0.6 is 0 Å². The highest BCUT2D eigenvalue weighted by Gasteiger charge is 2.41. The van der Waals surface area contributed by atoms with Crippen molar-refractivity contribution in [2.75, 3.05) is 43.9 Å². The number of aromatic carboxylic acids is 1. The highest BCUT2D eigenvalue weighted by atomic mass is 19.1. The molecule has 0 amide bonds. The van der Waals surface area contributed by atoms with E-state index in [0.29, 0.717) is 35.0 Å². The second-order valence-corrected chi connectivity index (χ2v) is 11.1. The van der Waals surface area contributed by atoms with Crippen LogP contribution in [0, 0.1) is 11.7 Å². The van der Waals surface area contributed by atoms with Gasteiger partial charge in [0, 0.05) is 74.4 Å². The monoisotopic (exact) mass is 555 g/mol. The van der Waals surface area contributed by atoms with Crippen LogP contribution in [-0.4, -0.2) is 75.3 Å². The molecule has 0 radical (unpaired) electrons. The minimum atomic E-state index is -1.28. The quantitative estimate of drug-likeness (QED) is 0.296. The van der Waals surface area contributed by atoms with E-state index in [1.165, 1.54) is 18.3 Å². The smallest absolute Gasteiger partial charge is 0.341 e. The predicted molar refractivity (Wildman–Crippen MR) is 157 cm³/mol. The van der Waals surface area contributed by atoms with E-state index < -0.39 is 11.4 Å². The van der Waals surface area contributed by atoms with Crippen LogP contribution in [0.5, 0.6) is 0 Å². The van der Waals surface area contributed by atoms with E-state index in [-0.39, 0.29) is 22.8 Å². The number of H-pyrrole nitrogens is 1. The molecule has 3 N–H and O–H groups in total. The summed E-state index contributed by atoms with van der Waals surface area (Å²) < 4.78 is 16.6. The fraction of sp³-hybridized carbons (Fsp3) is 0.333. The maximum absolute atomic E-state index is 14.9. The lowest BCUT2D eigenvalue weighted by Crippen LogP contribution is -2.35. The number of aromatic amines is 1. The van der Waals surface area contributed by atoms with Crippen molar-refractivity contribution in [3.63, 3.8) is 0 Å². The highest BCUT2D eigenvalue weighted by molar-refractivity contribution is 6.18. The van der Waals surface area contributed by atoms with E-state index in [1.807, 2.05) is 6.92 Å². The standard InChI is InChI=1S/C30H30FN7O3/c1-4-37-13-21(30(40)41)27(39)19-7-16(10-34-29(19)37)20-11-33-28-24(18-8-17(31)9-22(32-2)25(18)35-28)26(20)38-6-5-15-12-36(3)14-23(15)38/h7-11,13,15,23,32H,4-6,12,14H2,1-3H3,(H,33,35)(H,40,41)/t15?,23-/m1/s1. The van der Waals surface area contributed by atoms with Gasteiger partial charge < -0.3 is 29.8 Å². The van der Waals surface area contributed by atoms with Crippen LogP contribution in [0.1, 0.15) is 23.7 Å². The number of halogens is 1. The van der Waals surface area contributed by atoms with E-state index in [4.69, 9.17) is 4.98 Å². The molecule has 0 spiro atoms. The normalized spacial score (nSPS) is 19.1. The third kappa shape index (κ3) is 3.79. The number of benzene rings is 1. The molecule has 41 heavy (non-hydrogen) atoms. The number of carbonyl (C=O) groups is 1. The maximum Gasteiger partial charge on any atom is 0.341 e. The summed E-state index contributed by atoms with van der Waals surface area (Å²) >= 11 is 0. The maximum atomic E-state index is 14.9. The van der Waals surface area contributed by atoms with Crippen LogP contribution in [-0.2, 0) is 6.54 Å². The lowest BCUT2D eigenvalue weighted by molar-refractivity contribution is 0.0695. The number of hydrogen-bond donors (Lipinski definition) is 3. The molecule has 2 saturated heterocycles. The zero-order valence-electron chi connectivity index (χ0n) is 23.0. The lowest BCUT2D eigenvalue weighted by atomic mass is 9.99. The third-order valence-electron chi connectivity index (χ3n) is 8.75. The number of rotatable bonds is 5. The fourth-order valence-electron chi connectivity index (χ4n) is 6.88. The van der Waals surface area contributed by atoms with E-state index in [9.17, 15) is 19.1 Å². The van der Waals surface area contributed by atoms with Gasteiger partial charge in [-0.1, -0.05) is 0 Å². The number of fused-ring (bicyclic) bond motifs is 5. The van der Waals surface area contributed by atoms with Crippen molar-refractivity contribution in [3.8, 4) is 11.1 Å². The molecule has 210 valence electrons. The first-order chi connectivity index (χ1) is 19.8. The SMILES string of the molecule is CCn1cc(C(=O)O)c(=O)c2cc(-c3cnc4[nH]c5c(NC)cc(F)cc5c4c3N3CCC4CN(C)C[C@H]43)cnc21. The Hall–Kier alpha value is -4.51. The van der Waals surface area contributed by atoms with Gasteiger partial charge in [-0.3, -0.25) is 4.79 Å². The van der Waals surface area contributed by atoms with Gasteiger partial charge in [-0.05, 0) is 44.5 Å². The first-order valence-corrected chi connectivity index (χ1v) is 13.8. The van der Waals surface area contributed by atoms with Gasteiger partial charge in [0.05, 0.1) is 27.7 Å². The second kappa shape index (κ2) is 9.27. The van der Waals surface area contributed by atoms with Crippen LogP contribution in [0.25, 0.3) is 44.1 Å². The van der Waals surface area contributed by atoms with Gasteiger partial charge in [0.25, 0.3) is 0 Å². The first-order valence-electron chi connectivity index (χ1n) is 13.8. The van der Waals surface area contributed by atoms with E-state index >= 15 is 0 Å². The summed E-state index contributed by atoms with van der Waals surface area (Å²) in [6.07, 6.45) is 5.87. The molecule has 0 aliphatic carbocycles. The van der Waals surface area contributed by atoms with Crippen molar-refractivity contribution in [2.45, 2.75) is 25.9 Å². The Morgan fingerprint density at radius 3 is 2.78 bits per heavy atom. The molecule has 0 saturated carbocycles. The summed E-state index contributed by atoms with van der Waals surface area (Å²) in [5, 5.41) is 14.6. The van der Waals surface area contributed by atoms with Crippen molar-refractivity contribution < 1.29 is 14.3 Å². The Bertz CT molecular complexity index is 1950. The summed E-state index contributed by atoms with van der Waals surface area (Å²) in [4.78, 5) is 42.7. The molecule has 10 nitrogen and oxygen atoms in total. The van der Waals surface area contributed by atoms with Crippen LogP contribution < -0.4 is 15.6 Å². The van der Waals surface area contributed by atoms with Gasteiger partial charge in [0.2, 0.25) is 5.43 Å². The van der Waals surface area contributed by atoms with Crippen molar-refractivity contribution in [1.82, 2.24) is 24.4 Å². The number of pyridine rings is 3. The Kier molecular flexibility index (Phi) is 5.75. The molecule has 2 aliphatic heterocycles. The molecule has 2 fully saturated rings. The van der Waals surface area contributed by atoms with Crippen molar-refractivity contribution >= 4 is 50.3 Å². The van der Waals surface area contributed by atoms with Crippen LogP contribution in [0.3, 0.4) is 0 Å². The van der Waals surface area contributed by atoms with Crippen molar-refractivity contribution in [3.05, 3.63) is 58.4 Å². The highest BCUT2D eigenvalue weighted by Crippen LogP contribution is 2.46. The van der Waals surface area contributed by atoms with Gasteiger partial charge in [0.1, 0.15) is 22.7 Å². The molecule has 2 atom stereocenters. The van der Waals surface area contributed by atoms with Gasteiger partial charge in [-0.25, -0.2) is 19.2 Å². The molecular weight excluding hydrogens is 525 g/mol. The van der Waals surface area contributed by atoms with E-state index in [1.54, 1.807) is 30.1 Å². The number of carboxylic acids is 1. The third-order valence-corrected chi connectivity index (χ3v) is 8.75. The van der Waals surface area contributed by atoms with Gasteiger partial charge >= 0.3 is 5.97 Å². The number of anilines is 2. The zero-order valence-corrected chi connectivity index (χ0v) is 23.0. The van der Waals surface area contributed by atoms with Gasteiger partial charge in [-0.15, -0.1) is 0 Å². The Morgan fingerprint density at radius 2 is 2.02 bits per heavy atom. The van der Waals surface area contributed by atoms with Gasteiger partial charge in [-0.2, -0.15) is 0 Å². The average molecular weight is 556 g/mol. The molecule has 1 aromatic carbocycles. The number of nitrogens with one attached hydrogen (secondary N) is 2. The minimum Gasteiger partial charge on any atom is -0.477 e. The van der Waals surface area contributed by atoms with Crippen LogP contribution in [0.4, 0.5) is 15.8 Å². The molecule has 11 heteroatoms. The van der Waals surface area contributed by atoms with Crippen LogP contribution in [0.15, 0.2) is 41.6 Å². The molecule has 2 aliphatic rings. The number of likely N-dealkylation sites (N-methyl/N-ethyl adjacent to an activating group) is 1. The number of aryl methyl sites for hydroxylation is 1. The average Bonchev–Trinajstić information content (AvgIpc) is 3.64. The van der Waals surface area contributed by atoms with Crippen LogP contribution in [0.2, 0.25) is 0 Å². The molecule has 7 rings (SSSR count). The molecule has 5 aromatic rings. The minimum absolute atomic E-state index is 0.234. The van der Waals surface area contributed by atoms with Crippen molar-refractivity contribution in [2.24, 2.45) is 5.92 Å². The second-order valence-electron chi connectivity index (χ2n) is 11.1. The van der Waals surface area contributed by atoms with E-state index in [0.717, 1.165) is 53.6 Å². The number of nitrogens with zero attached hydrogens (tertiary/aromatic N) is 5. The molecular formula is C30H30FN7O3. The predicted octanol–water partition coefficient (Wildman–Crippen LogP) is 4.13. The summed E-state index contributed by atoms with van der Waals surface area (Å²) in [6.45, 7) is 5.10. The number of carboxylic acid groups (broad SMARTS) is 1. The molecule has 0 bridgehead atoms. The fourth-order valence-corrected chi connectivity index (χ4v) is 6.88. The first kappa shape index (κ1) is 25.5.